The molecule has 0 bridgehead atoms. The van der Waals surface area contributed by atoms with Gasteiger partial charge >= 0.3 is 0 Å². The summed E-state index contributed by atoms with van der Waals surface area (Å²) in [7, 11) is 0. The fourth-order valence-electron chi connectivity index (χ4n) is 0.693. The number of hydrogen-bond acceptors (Lipinski definition) is 5. The molecule has 0 aliphatic heterocycles. The van der Waals surface area contributed by atoms with Crippen molar-refractivity contribution < 1.29 is 5.11 Å². The van der Waals surface area contributed by atoms with Gasteiger partial charge in [0.05, 0.1) is 12.6 Å². The third-order valence-electron chi connectivity index (χ3n) is 1.32. The Labute approximate surface area is 75.1 Å². The molecule has 1 rings (SSSR count). The summed E-state index contributed by atoms with van der Waals surface area (Å²) in [6.07, 6.45) is 1.64. The Bertz CT molecular complexity index is 261. The molecule has 0 aliphatic carbocycles. The van der Waals surface area contributed by atoms with Crippen LogP contribution >= 0.6 is 11.5 Å². The Balaban J connectivity index is 2.56. The van der Waals surface area contributed by atoms with Crippen LogP contribution < -0.4 is 5.32 Å². The van der Waals surface area contributed by atoms with Gasteiger partial charge in [-0.3, -0.25) is 0 Å². The first-order valence-corrected chi connectivity index (χ1v) is 4.34. The summed E-state index contributed by atoms with van der Waals surface area (Å²) in [4.78, 5) is 4.08. The zero-order chi connectivity index (χ0) is 8.97. The van der Waals surface area contributed by atoms with Crippen LogP contribution in [0.25, 0.3) is 0 Å². The maximum atomic E-state index is 8.82. The Morgan fingerprint density at radius 1 is 1.83 bits per heavy atom. The van der Waals surface area contributed by atoms with Gasteiger partial charge in [-0.1, -0.05) is 6.08 Å². The van der Waals surface area contributed by atoms with E-state index in [1.807, 2.05) is 6.92 Å². The molecule has 4 nitrogen and oxygen atoms in total. The Morgan fingerprint density at radius 3 is 3.00 bits per heavy atom. The van der Waals surface area contributed by atoms with Gasteiger partial charge in [0.25, 0.3) is 0 Å². The highest BCUT2D eigenvalue weighted by Gasteiger charge is 2.04. The molecule has 0 saturated heterocycles. The maximum Gasteiger partial charge on any atom is 0.203 e. The zero-order valence-electron chi connectivity index (χ0n) is 6.82. The third kappa shape index (κ3) is 2.28. The molecule has 0 saturated carbocycles. The molecular formula is C7H11N3OS. The monoisotopic (exact) mass is 185 g/mol. The highest BCUT2D eigenvalue weighted by atomic mass is 32.1. The minimum absolute atomic E-state index is 0.0160. The van der Waals surface area contributed by atoms with E-state index in [9.17, 15) is 0 Å². The molecule has 66 valence electrons. The standard InChI is InChI=1S/C7H11N3OS/c1-3-6(4-11)9-7-8-5(2)10-12-7/h3,6,11H,1,4H2,2H3,(H,8,9,10). The summed E-state index contributed by atoms with van der Waals surface area (Å²) in [5.41, 5.74) is 0. The average molecular weight is 185 g/mol. The van der Waals surface area contributed by atoms with E-state index in [1.165, 1.54) is 11.5 Å². The van der Waals surface area contributed by atoms with Crippen LogP contribution in [-0.2, 0) is 0 Å². The molecule has 1 atom stereocenters. The van der Waals surface area contributed by atoms with E-state index >= 15 is 0 Å². The van der Waals surface area contributed by atoms with Crippen LogP contribution in [0.2, 0.25) is 0 Å². The lowest BCUT2D eigenvalue weighted by atomic mass is 10.3. The predicted molar refractivity (Wildman–Crippen MR) is 49.3 cm³/mol. The highest BCUT2D eigenvalue weighted by molar-refractivity contribution is 7.09. The van der Waals surface area contributed by atoms with Crippen LogP contribution in [0, 0.1) is 6.92 Å². The Morgan fingerprint density at radius 2 is 2.58 bits per heavy atom. The number of anilines is 1. The summed E-state index contributed by atoms with van der Waals surface area (Å²) in [6.45, 7) is 5.41. The van der Waals surface area contributed by atoms with Gasteiger partial charge in [0.15, 0.2) is 0 Å². The molecule has 0 fully saturated rings. The van der Waals surface area contributed by atoms with E-state index in [0.29, 0.717) is 5.13 Å². The van der Waals surface area contributed by atoms with Crippen molar-refractivity contribution >= 4 is 16.7 Å². The van der Waals surface area contributed by atoms with Crippen LogP contribution in [0.3, 0.4) is 0 Å². The largest absolute Gasteiger partial charge is 0.394 e. The van der Waals surface area contributed by atoms with Gasteiger partial charge in [-0.2, -0.15) is 4.37 Å². The second kappa shape index (κ2) is 4.18. The molecule has 1 heterocycles. The molecule has 0 aromatic carbocycles. The van der Waals surface area contributed by atoms with Crippen molar-refractivity contribution in [1.82, 2.24) is 9.36 Å². The lowest BCUT2D eigenvalue weighted by Crippen LogP contribution is -2.20. The molecule has 0 amide bonds. The second-order valence-corrected chi connectivity index (χ2v) is 3.07. The van der Waals surface area contributed by atoms with Crippen molar-refractivity contribution in [1.29, 1.82) is 0 Å². The Hall–Kier alpha value is -0.940. The fourth-order valence-corrected chi connectivity index (χ4v) is 1.33. The van der Waals surface area contributed by atoms with Crippen LogP contribution in [0.5, 0.6) is 0 Å². The van der Waals surface area contributed by atoms with Gasteiger partial charge in [-0.05, 0) is 6.92 Å². The molecule has 5 heteroatoms. The van der Waals surface area contributed by atoms with Crippen molar-refractivity contribution in [2.75, 3.05) is 11.9 Å². The number of hydrogen-bond donors (Lipinski definition) is 2. The second-order valence-electron chi connectivity index (χ2n) is 2.32. The normalized spacial score (nSPS) is 12.5. The zero-order valence-corrected chi connectivity index (χ0v) is 7.64. The topological polar surface area (TPSA) is 58.0 Å². The van der Waals surface area contributed by atoms with Crippen molar-refractivity contribution in [3.63, 3.8) is 0 Å². The molecule has 0 aliphatic rings. The molecule has 0 spiro atoms. The fraction of sp³-hybridized carbons (Fsp3) is 0.429. The van der Waals surface area contributed by atoms with E-state index in [2.05, 4.69) is 21.3 Å². The number of rotatable bonds is 4. The molecule has 1 aromatic heterocycles. The molecule has 1 aromatic rings. The van der Waals surface area contributed by atoms with E-state index in [1.54, 1.807) is 6.08 Å². The third-order valence-corrected chi connectivity index (χ3v) is 2.06. The average Bonchev–Trinajstić information content (AvgIpc) is 2.47. The van der Waals surface area contributed by atoms with E-state index in [4.69, 9.17) is 5.11 Å². The van der Waals surface area contributed by atoms with Crippen LogP contribution in [0.4, 0.5) is 5.13 Å². The predicted octanol–water partition coefficient (Wildman–Crippen LogP) is 0.805. The van der Waals surface area contributed by atoms with Crippen LogP contribution in [-0.4, -0.2) is 27.1 Å². The Kier molecular flexibility index (Phi) is 3.19. The summed E-state index contributed by atoms with van der Waals surface area (Å²) in [5, 5.41) is 12.5. The number of nitrogens with one attached hydrogen (secondary N) is 1. The number of aliphatic hydroxyl groups excluding tert-OH is 1. The van der Waals surface area contributed by atoms with Gasteiger partial charge in [-0.15, -0.1) is 6.58 Å². The maximum absolute atomic E-state index is 8.82. The van der Waals surface area contributed by atoms with Crippen molar-refractivity contribution in [3.05, 3.63) is 18.5 Å². The van der Waals surface area contributed by atoms with Gasteiger partial charge in [-0.25, -0.2) is 4.98 Å². The summed E-state index contributed by atoms with van der Waals surface area (Å²) < 4.78 is 3.99. The lowest BCUT2D eigenvalue weighted by molar-refractivity contribution is 0.291. The molecule has 2 N–H and O–H groups in total. The van der Waals surface area contributed by atoms with Gasteiger partial charge < -0.3 is 10.4 Å². The van der Waals surface area contributed by atoms with Gasteiger partial charge in [0.1, 0.15) is 5.82 Å². The van der Waals surface area contributed by atoms with Crippen LogP contribution in [0.1, 0.15) is 5.82 Å². The molecule has 1 unspecified atom stereocenters. The van der Waals surface area contributed by atoms with Crippen molar-refractivity contribution in [2.24, 2.45) is 0 Å². The highest BCUT2D eigenvalue weighted by Crippen LogP contribution is 2.11. The smallest absolute Gasteiger partial charge is 0.203 e. The SMILES string of the molecule is C=CC(CO)Nc1nc(C)ns1. The van der Waals surface area contributed by atoms with E-state index in [0.717, 1.165) is 5.82 Å². The van der Waals surface area contributed by atoms with Gasteiger partial charge in [0.2, 0.25) is 5.13 Å². The first kappa shape index (κ1) is 9.15. The lowest BCUT2D eigenvalue weighted by Gasteiger charge is -2.08. The molecular weight excluding hydrogens is 174 g/mol. The quantitative estimate of drug-likeness (QED) is 0.681. The number of aliphatic hydroxyl groups is 1. The van der Waals surface area contributed by atoms with Crippen LogP contribution in [0.15, 0.2) is 12.7 Å². The minimum atomic E-state index is -0.141. The van der Waals surface area contributed by atoms with E-state index < -0.39 is 0 Å². The first-order chi connectivity index (χ1) is 5.76. The summed E-state index contributed by atoms with van der Waals surface area (Å²) in [6, 6.07) is -0.141. The molecule has 12 heavy (non-hydrogen) atoms. The van der Waals surface area contributed by atoms with Crippen molar-refractivity contribution in [3.8, 4) is 0 Å². The molecule has 0 radical (unpaired) electrons. The minimum Gasteiger partial charge on any atom is -0.394 e. The first-order valence-electron chi connectivity index (χ1n) is 3.56. The number of aromatic nitrogens is 2. The summed E-state index contributed by atoms with van der Waals surface area (Å²) in [5.74, 6) is 0.739. The van der Waals surface area contributed by atoms with E-state index in [-0.39, 0.29) is 12.6 Å². The summed E-state index contributed by atoms with van der Waals surface area (Å²) >= 11 is 1.28. The number of nitrogens with zero attached hydrogens (tertiary/aromatic N) is 2. The number of aryl methyl sites for hydroxylation is 1. The van der Waals surface area contributed by atoms with Gasteiger partial charge in [0, 0.05) is 11.5 Å². The van der Waals surface area contributed by atoms with Crippen molar-refractivity contribution in [2.45, 2.75) is 13.0 Å².